The summed E-state index contributed by atoms with van der Waals surface area (Å²) in [6.45, 7) is 0.852. The molecule has 0 aliphatic rings. The first kappa shape index (κ1) is 19.5. The molecule has 138 valence electrons. The first-order valence-corrected chi connectivity index (χ1v) is 9.78. The zero-order chi connectivity index (χ0) is 19.1. The predicted octanol–water partition coefficient (Wildman–Crippen LogP) is 5.65. The number of halogens is 2. The monoisotopic (exact) mass is 443 g/mol. The average Bonchev–Trinajstić information content (AvgIpc) is 2.69. The summed E-state index contributed by atoms with van der Waals surface area (Å²) >= 11 is 9.57. The standard InChI is InChI=1S/C22H19BrClNO2/c23-18-10-11-21(27-13-12-16-6-2-1-3-7-16)19(14-18)22(26)25-15-17-8-4-5-9-20(17)24/h1-11,14H,12-13,15H2,(H,25,26). The fraction of sp³-hybridized carbons (Fsp3) is 0.136. The molecular formula is C22H19BrClNO2. The summed E-state index contributed by atoms with van der Waals surface area (Å²) in [6, 6.07) is 23.0. The fourth-order valence-corrected chi connectivity index (χ4v) is 3.21. The van der Waals surface area contributed by atoms with Gasteiger partial charge in [0.2, 0.25) is 0 Å². The molecule has 3 aromatic rings. The maximum atomic E-state index is 12.7. The first-order valence-electron chi connectivity index (χ1n) is 8.61. The molecule has 1 amide bonds. The highest BCUT2D eigenvalue weighted by atomic mass is 79.9. The third-order valence-electron chi connectivity index (χ3n) is 4.07. The molecule has 0 bridgehead atoms. The molecule has 0 radical (unpaired) electrons. The van der Waals surface area contributed by atoms with E-state index in [4.69, 9.17) is 16.3 Å². The molecule has 0 fully saturated rings. The van der Waals surface area contributed by atoms with Gasteiger partial charge in [-0.25, -0.2) is 0 Å². The fourth-order valence-electron chi connectivity index (χ4n) is 2.64. The zero-order valence-electron chi connectivity index (χ0n) is 14.6. The molecular weight excluding hydrogens is 426 g/mol. The van der Waals surface area contributed by atoms with Gasteiger partial charge in [0.05, 0.1) is 12.2 Å². The second-order valence-electron chi connectivity index (χ2n) is 6.00. The van der Waals surface area contributed by atoms with Crippen LogP contribution in [0.15, 0.2) is 77.3 Å². The van der Waals surface area contributed by atoms with Gasteiger partial charge in [-0.1, -0.05) is 76.1 Å². The molecule has 5 heteroatoms. The lowest BCUT2D eigenvalue weighted by Crippen LogP contribution is -2.23. The van der Waals surface area contributed by atoms with Crippen molar-refractivity contribution in [2.75, 3.05) is 6.61 Å². The molecule has 0 saturated carbocycles. The van der Waals surface area contributed by atoms with Gasteiger partial charge in [0.15, 0.2) is 0 Å². The van der Waals surface area contributed by atoms with Crippen molar-refractivity contribution < 1.29 is 9.53 Å². The zero-order valence-corrected chi connectivity index (χ0v) is 17.0. The second-order valence-corrected chi connectivity index (χ2v) is 7.32. The van der Waals surface area contributed by atoms with Gasteiger partial charge in [-0.15, -0.1) is 0 Å². The molecule has 0 atom stereocenters. The van der Waals surface area contributed by atoms with E-state index in [0.717, 1.165) is 16.5 Å². The van der Waals surface area contributed by atoms with Crippen molar-refractivity contribution in [3.05, 3.63) is 99.0 Å². The lowest BCUT2D eigenvalue weighted by Gasteiger charge is -2.13. The van der Waals surface area contributed by atoms with Gasteiger partial charge >= 0.3 is 0 Å². The highest BCUT2D eigenvalue weighted by Crippen LogP contribution is 2.24. The minimum atomic E-state index is -0.203. The van der Waals surface area contributed by atoms with Crippen LogP contribution in [-0.2, 0) is 13.0 Å². The molecule has 0 spiro atoms. The quantitative estimate of drug-likeness (QED) is 0.511. The lowest BCUT2D eigenvalue weighted by molar-refractivity contribution is 0.0947. The SMILES string of the molecule is O=C(NCc1ccccc1Cl)c1cc(Br)ccc1OCCc1ccccc1. The smallest absolute Gasteiger partial charge is 0.255 e. The predicted molar refractivity (Wildman–Crippen MR) is 112 cm³/mol. The van der Waals surface area contributed by atoms with Gasteiger partial charge in [0.1, 0.15) is 5.75 Å². The van der Waals surface area contributed by atoms with E-state index < -0.39 is 0 Å². The van der Waals surface area contributed by atoms with Gasteiger partial charge in [0, 0.05) is 22.5 Å². The summed E-state index contributed by atoms with van der Waals surface area (Å²) in [5.41, 5.74) is 2.55. The Morgan fingerprint density at radius 2 is 1.74 bits per heavy atom. The normalized spacial score (nSPS) is 10.4. The minimum absolute atomic E-state index is 0.203. The lowest BCUT2D eigenvalue weighted by atomic mass is 10.1. The van der Waals surface area contributed by atoms with E-state index in [0.29, 0.717) is 29.5 Å². The molecule has 1 N–H and O–H groups in total. The number of amides is 1. The number of carbonyl (C=O) groups is 1. The topological polar surface area (TPSA) is 38.3 Å². The largest absolute Gasteiger partial charge is 0.492 e. The number of carbonyl (C=O) groups excluding carboxylic acids is 1. The highest BCUT2D eigenvalue weighted by molar-refractivity contribution is 9.10. The van der Waals surface area contributed by atoms with Crippen molar-refractivity contribution in [2.24, 2.45) is 0 Å². The van der Waals surface area contributed by atoms with Crippen LogP contribution in [0.5, 0.6) is 5.75 Å². The van der Waals surface area contributed by atoms with Crippen molar-refractivity contribution >= 4 is 33.4 Å². The Morgan fingerprint density at radius 1 is 1.00 bits per heavy atom. The number of hydrogen-bond donors (Lipinski definition) is 1. The van der Waals surface area contributed by atoms with Gasteiger partial charge in [-0.3, -0.25) is 4.79 Å². The number of nitrogens with one attached hydrogen (secondary N) is 1. The van der Waals surface area contributed by atoms with Crippen LogP contribution in [0, 0.1) is 0 Å². The molecule has 0 unspecified atom stereocenters. The Bertz CT molecular complexity index is 915. The molecule has 0 saturated heterocycles. The highest BCUT2D eigenvalue weighted by Gasteiger charge is 2.14. The number of rotatable bonds is 7. The molecule has 0 aliphatic carbocycles. The van der Waals surface area contributed by atoms with Crippen LogP contribution in [0.4, 0.5) is 0 Å². The van der Waals surface area contributed by atoms with Crippen LogP contribution in [0.3, 0.4) is 0 Å². The van der Waals surface area contributed by atoms with E-state index in [-0.39, 0.29) is 5.91 Å². The van der Waals surface area contributed by atoms with Gasteiger partial charge in [-0.05, 0) is 35.4 Å². The van der Waals surface area contributed by atoms with Crippen LogP contribution in [0.25, 0.3) is 0 Å². The van der Waals surface area contributed by atoms with E-state index in [2.05, 4.69) is 33.4 Å². The third kappa shape index (κ3) is 5.59. The number of benzene rings is 3. The molecule has 3 rings (SSSR count). The summed E-state index contributed by atoms with van der Waals surface area (Å²) in [4.78, 5) is 12.7. The summed E-state index contributed by atoms with van der Waals surface area (Å²) in [5, 5.41) is 3.54. The summed E-state index contributed by atoms with van der Waals surface area (Å²) in [6.07, 6.45) is 0.775. The van der Waals surface area contributed by atoms with E-state index in [9.17, 15) is 4.79 Å². The Kier molecular flexibility index (Phi) is 6.91. The van der Waals surface area contributed by atoms with E-state index in [1.165, 1.54) is 5.56 Å². The first-order chi connectivity index (χ1) is 13.1. The maximum absolute atomic E-state index is 12.7. The molecule has 0 aliphatic heterocycles. The van der Waals surface area contributed by atoms with Crippen LogP contribution in [0.2, 0.25) is 5.02 Å². The van der Waals surface area contributed by atoms with Crippen molar-refractivity contribution in [3.63, 3.8) is 0 Å². The third-order valence-corrected chi connectivity index (χ3v) is 4.94. The van der Waals surface area contributed by atoms with Crippen LogP contribution < -0.4 is 10.1 Å². The van der Waals surface area contributed by atoms with Crippen LogP contribution in [0.1, 0.15) is 21.5 Å². The minimum Gasteiger partial charge on any atom is -0.492 e. The van der Waals surface area contributed by atoms with Crippen molar-refractivity contribution in [1.29, 1.82) is 0 Å². The molecule has 3 nitrogen and oxygen atoms in total. The van der Waals surface area contributed by atoms with E-state index >= 15 is 0 Å². The van der Waals surface area contributed by atoms with E-state index in [1.54, 1.807) is 18.2 Å². The average molecular weight is 445 g/mol. The molecule has 0 aromatic heterocycles. The van der Waals surface area contributed by atoms with Crippen LogP contribution in [-0.4, -0.2) is 12.5 Å². The number of hydrogen-bond acceptors (Lipinski definition) is 2. The molecule has 0 heterocycles. The van der Waals surface area contributed by atoms with Crippen molar-refractivity contribution in [1.82, 2.24) is 5.32 Å². The van der Waals surface area contributed by atoms with Gasteiger partial charge < -0.3 is 10.1 Å². The molecule has 3 aromatic carbocycles. The van der Waals surface area contributed by atoms with Gasteiger partial charge in [0.25, 0.3) is 5.91 Å². The summed E-state index contributed by atoms with van der Waals surface area (Å²) in [7, 11) is 0. The summed E-state index contributed by atoms with van der Waals surface area (Å²) in [5.74, 6) is 0.358. The maximum Gasteiger partial charge on any atom is 0.255 e. The Hall–Kier alpha value is -2.30. The Morgan fingerprint density at radius 3 is 2.52 bits per heavy atom. The Labute approximate surface area is 172 Å². The van der Waals surface area contributed by atoms with Gasteiger partial charge in [-0.2, -0.15) is 0 Å². The summed E-state index contributed by atoms with van der Waals surface area (Å²) < 4.78 is 6.71. The van der Waals surface area contributed by atoms with Crippen molar-refractivity contribution in [3.8, 4) is 5.75 Å². The second kappa shape index (κ2) is 9.58. The Balaban J connectivity index is 1.65. The molecule has 27 heavy (non-hydrogen) atoms. The van der Waals surface area contributed by atoms with Crippen LogP contribution >= 0.6 is 27.5 Å². The number of ether oxygens (including phenoxy) is 1. The van der Waals surface area contributed by atoms with Crippen molar-refractivity contribution in [2.45, 2.75) is 13.0 Å². The van der Waals surface area contributed by atoms with E-state index in [1.807, 2.05) is 42.5 Å².